The molecule has 2 unspecified atom stereocenters. The maximum Gasteiger partial charge on any atom is 0.0813 e. The highest BCUT2D eigenvalue weighted by atomic mass is 79.9. The number of aliphatic hydroxyl groups excluding tert-OH is 1. The molecular formula is C17H27BrN2O. The molecule has 0 aromatic heterocycles. The third kappa shape index (κ3) is 4.78. The van der Waals surface area contributed by atoms with E-state index in [-0.39, 0.29) is 6.10 Å². The SMILES string of the molecule is CCC1CN(C)CCCN1CCC(O)c1ccccc1Br. The molecule has 0 bridgehead atoms. The van der Waals surface area contributed by atoms with Crippen molar-refractivity contribution in [3.8, 4) is 0 Å². The topological polar surface area (TPSA) is 26.7 Å². The lowest BCUT2D eigenvalue weighted by molar-refractivity contribution is 0.120. The molecule has 0 spiro atoms. The van der Waals surface area contributed by atoms with Crippen molar-refractivity contribution < 1.29 is 5.11 Å². The van der Waals surface area contributed by atoms with Crippen molar-refractivity contribution in [1.29, 1.82) is 0 Å². The van der Waals surface area contributed by atoms with Crippen LogP contribution in [-0.2, 0) is 0 Å². The Hall–Kier alpha value is -0.420. The van der Waals surface area contributed by atoms with Crippen molar-refractivity contribution in [3.63, 3.8) is 0 Å². The Balaban J connectivity index is 1.93. The van der Waals surface area contributed by atoms with Crippen LogP contribution in [0.1, 0.15) is 37.9 Å². The second-order valence-corrected chi connectivity index (χ2v) is 6.89. The van der Waals surface area contributed by atoms with Crippen molar-refractivity contribution >= 4 is 15.9 Å². The zero-order chi connectivity index (χ0) is 15.2. The lowest BCUT2D eigenvalue weighted by Gasteiger charge is -2.30. The van der Waals surface area contributed by atoms with Gasteiger partial charge in [0.2, 0.25) is 0 Å². The highest BCUT2D eigenvalue weighted by Crippen LogP contribution is 2.26. The van der Waals surface area contributed by atoms with Gasteiger partial charge in [-0.05, 0) is 51.0 Å². The average Bonchev–Trinajstić information content (AvgIpc) is 2.66. The summed E-state index contributed by atoms with van der Waals surface area (Å²) in [5.74, 6) is 0. The molecule has 2 rings (SSSR count). The molecule has 4 heteroatoms. The van der Waals surface area contributed by atoms with Crippen molar-refractivity contribution in [2.75, 3.05) is 33.2 Å². The van der Waals surface area contributed by atoms with E-state index in [2.05, 4.69) is 39.7 Å². The van der Waals surface area contributed by atoms with E-state index in [0.29, 0.717) is 6.04 Å². The van der Waals surface area contributed by atoms with E-state index in [1.165, 1.54) is 19.4 Å². The first-order valence-electron chi connectivity index (χ1n) is 7.97. The molecule has 1 aromatic carbocycles. The average molecular weight is 355 g/mol. The highest BCUT2D eigenvalue weighted by molar-refractivity contribution is 9.10. The lowest BCUT2D eigenvalue weighted by Crippen LogP contribution is -2.40. The van der Waals surface area contributed by atoms with Crippen LogP contribution in [0.2, 0.25) is 0 Å². The third-order valence-electron chi connectivity index (χ3n) is 4.45. The van der Waals surface area contributed by atoms with Crippen LogP contribution in [0.25, 0.3) is 0 Å². The highest BCUT2D eigenvalue weighted by Gasteiger charge is 2.22. The van der Waals surface area contributed by atoms with Crippen LogP contribution in [-0.4, -0.2) is 54.2 Å². The Morgan fingerprint density at radius 1 is 1.33 bits per heavy atom. The normalized spacial score (nSPS) is 23.0. The molecule has 3 nitrogen and oxygen atoms in total. The molecule has 118 valence electrons. The fourth-order valence-corrected chi connectivity index (χ4v) is 3.71. The molecule has 2 atom stereocenters. The quantitative estimate of drug-likeness (QED) is 0.878. The Labute approximate surface area is 137 Å². The Morgan fingerprint density at radius 2 is 2.10 bits per heavy atom. The van der Waals surface area contributed by atoms with Gasteiger partial charge in [0.1, 0.15) is 0 Å². The first-order chi connectivity index (χ1) is 10.1. The lowest BCUT2D eigenvalue weighted by atomic mass is 10.1. The summed E-state index contributed by atoms with van der Waals surface area (Å²) in [5, 5.41) is 10.4. The van der Waals surface area contributed by atoms with Crippen molar-refractivity contribution in [1.82, 2.24) is 9.80 Å². The number of halogens is 1. The number of hydrogen-bond acceptors (Lipinski definition) is 3. The molecule has 1 fully saturated rings. The van der Waals surface area contributed by atoms with Crippen molar-refractivity contribution in [2.24, 2.45) is 0 Å². The van der Waals surface area contributed by atoms with E-state index < -0.39 is 0 Å². The van der Waals surface area contributed by atoms with Crippen LogP contribution in [0, 0.1) is 0 Å². The summed E-state index contributed by atoms with van der Waals surface area (Å²) in [6, 6.07) is 8.58. The van der Waals surface area contributed by atoms with E-state index in [4.69, 9.17) is 0 Å². The summed E-state index contributed by atoms with van der Waals surface area (Å²) in [6.45, 7) is 6.70. The fourth-order valence-electron chi connectivity index (χ4n) is 3.16. The summed E-state index contributed by atoms with van der Waals surface area (Å²) in [6.07, 6.45) is 2.80. The standard InChI is InChI=1S/C17H27BrN2O/c1-3-14-13-19(2)10-6-11-20(14)12-9-17(21)15-7-4-5-8-16(15)18/h4-5,7-8,14,17,21H,3,6,9-13H2,1-2H3. The van der Waals surface area contributed by atoms with Gasteiger partial charge >= 0.3 is 0 Å². The van der Waals surface area contributed by atoms with Gasteiger partial charge in [0, 0.05) is 23.6 Å². The molecule has 1 heterocycles. The zero-order valence-corrected chi connectivity index (χ0v) is 14.7. The maximum absolute atomic E-state index is 10.4. The molecule has 0 radical (unpaired) electrons. The summed E-state index contributed by atoms with van der Waals surface area (Å²) >= 11 is 3.53. The summed E-state index contributed by atoms with van der Waals surface area (Å²) < 4.78 is 1.00. The van der Waals surface area contributed by atoms with E-state index in [1.54, 1.807) is 0 Å². The van der Waals surface area contributed by atoms with Gasteiger partial charge in [0.25, 0.3) is 0 Å². The minimum absolute atomic E-state index is 0.390. The molecule has 1 aliphatic heterocycles. The van der Waals surface area contributed by atoms with Gasteiger partial charge in [0.05, 0.1) is 6.10 Å². The third-order valence-corrected chi connectivity index (χ3v) is 5.17. The van der Waals surface area contributed by atoms with E-state index in [0.717, 1.165) is 36.1 Å². The van der Waals surface area contributed by atoms with E-state index in [9.17, 15) is 5.11 Å². The predicted molar refractivity (Wildman–Crippen MR) is 91.5 cm³/mol. The van der Waals surface area contributed by atoms with Gasteiger partial charge in [-0.25, -0.2) is 0 Å². The summed E-state index contributed by atoms with van der Waals surface area (Å²) in [4.78, 5) is 4.99. The number of aliphatic hydroxyl groups is 1. The van der Waals surface area contributed by atoms with E-state index >= 15 is 0 Å². The number of hydrogen-bond donors (Lipinski definition) is 1. The van der Waals surface area contributed by atoms with E-state index in [1.807, 2.05) is 24.3 Å². The number of nitrogens with zero attached hydrogens (tertiary/aromatic N) is 2. The van der Waals surface area contributed by atoms with Crippen LogP contribution < -0.4 is 0 Å². The molecule has 1 saturated heterocycles. The van der Waals surface area contributed by atoms with Crippen molar-refractivity contribution in [3.05, 3.63) is 34.3 Å². The fraction of sp³-hybridized carbons (Fsp3) is 0.647. The number of rotatable bonds is 5. The molecular weight excluding hydrogens is 328 g/mol. The molecule has 0 amide bonds. The minimum Gasteiger partial charge on any atom is -0.388 e. The minimum atomic E-state index is -0.390. The number of benzene rings is 1. The Morgan fingerprint density at radius 3 is 2.81 bits per heavy atom. The second-order valence-electron chi connectivity index (χ2n) is 6.04. The van der Waals surface area contributed by atoms with Gasteiger partial charge in [0.15, 0.2) is 0 Å². The first-order valence-corrected chi connectivity index (χ1v) is 8.76. The van der Waals surface area contributed by atoms with Crippen molar-refractivity contribution in [2.45, 2.75) is 38.3 Å². The number of likely N-dealkylation sites (N-methyl/N-ethyl adjacent to an activating group) is 1. The largest absolute Gasteiger partial charge is 0.388 e. The smallest absolute Gasteiger partial charge is 0.0813 e. The zero-order valence-electron chi connectivity index (χ0n) is 13.1. The first kappa shape index (κ1) is 16.9. The molecule has 1 aliphatic rings. The maximum atomic E-state index is 10.4. The van der Waals surface area contributed by atoms with Gasteiger partial charge in [-0.1, -0.05) is 41.1 Å². The van der Waals surface area contributed by atoms with Gasteiger partial charge in [-0.15, -0.1) is 0 Å². The van der Waals surface area contributed by atoms with Crippen LogP contribution in [0.4, 0.5) is 0 Å². The predicted octanol–water partition coefficient (Wildman–Crippen LogP) is 3.29. The summed E-state index contributed by atoms with van der Waals surface area (Å²) in [5.41, 5.74) is 0.998. The second kappa shape index (κ2) is 8.28. The van der Waals surface area contributed by atoms with Gasteiger partial charge in [-0.2, -0.15) is 0 Å². The molecule has 21 heavy (non-hydrogen) atoms. The van der Waals surface area contributed by atoms with Crippen LogP contribution >= 0.6 is 15.9 Å². The van der Waals surface area contributed by atoms with Crippen LogP contribution in [0.15, 0.2) is 28.7 Å². The molecule has 0 saturated carbocycles. The summed E-state index contributed by atoms with van der Waals surface area (Å²) in [7, 11) is 2.21. The monoisotopic (exact) mass is 354 g/mol. The molecule has 1 N–H and O–H groups in total. The molecule has 0 aliphatic carbocycles. The van der Waals surface area contributed by atoms with Gasteiger partial charge < -0.3 is 10.0 Å². The van der Waals surface area contributed by atoms with Crippen LogP contribution in [0.3, 0.4) is 0 Å². The molecule has 1 aromatic rings. The van der Waals surface area contributed by atoms with Gasteiger partial charge in [-0.3, -0.25) is 4.90 Å². The van der Waals surface area contributed by atoms with Crippen LogP contribution in [0.5, 0.6) is 0 Å². The Kier molecular flexibility index (Phi) is 6.68. The Bertz CT molecular complexity index is 441.